The largest absolute Gasteiger partial charge is 0.491 e. The van der Waals surface area contributed by atoms with Gasteiger partial charge in [-0.25, -0.2) is 0 Å². The first-order valence-corrected chi connectivity index (χ1v) is 7.13. The van der Waals surface area contributed by atoms with Gasteiger partial charge in [0.25, 0.3) is 0 Å². The Morgan fingerprint density at radius 2 is 1.95 bits per heavy atom. The van der Waals surface area contributed by atoms with E-state index in [1.807, 2.05) is 51.1 Å². The molecule has 112 valence electrons. The molecule has 2 aromatic rings. The average Bonchev–Trinajstić information content (AvgIpc) is 2.45. The molecule has 0 amide bonds. The second-order valence-corrected chi connectivity index (χ2v) is 5.45. The van der Waals surface area contributed by atoms with Gasteiger partial charge in [0.05, 0.1) is 24.6 Å². The van der Waals surface area contributed by atoms with Crippen molar-refractivity contribution in [1.29, 1.82) is 0 Å². The van der Waals surface area contributed by atoms with Crippen LogP contribution in [0.25, 0.3) is 10.9 Å². The van der Waals surface area contributed by atoms with Crippen LogP contribution in [0.4, 0.5) is 0 Å². The van der Waals surface area contributed by atoms with Gasteiger partial charge in [-0.15, -0.1) is 0 Å². The van der Waals surface area contributed by atoms with E-state index >= 15 is 0 Å². The Bertz CT molecular complexity index is 637. The third-order valence-electron chi connectivity index (χ3n) is 3.21. The van der Waals surface area contributed by atoms with E-state index in [0.717, 1.165) is 22.3 Å². The summed E-state index contributed by atoms with van der Waals surface area (Å²) in [5.74, 6) is 0.441. The van der Waals surface area contributed by atoms with Gasteiger partial charge in [0.1, 0.15) is 5.75 Å². The van der Waals surface area contributed by atoms with Crippen molar-refractivity contribution in [3.63, 3.8) is 0 Å². The highest BCUT2D eigenvalue weighted by Gasteiger charge is 2.14. The van der Waals surface area contributed by atoms with Crippen LogP contribution in [0.2, 0.25) is 0 Å². The van der Waals surface area contributed by atoms with E-state index in [1.54, 1.807) is 0 Å². The predicted octanol–water partition coefficient (Wildman–Crippen LogP) is 3.37. The molecule has 4 heteroatoms. The Hall–Kier alpha value is -2.10. The Morgan fingerprint density at radius 1 is 1.19 bits per heavy atom. The molecule has 0 bridgehead atoms. The van der Waals surface area contributed by atoms with E-state index in [-0.39, 0.29) is 18.0 Å². The van der Waals surface area contributed by atoms with Crippen molar-refractivity contribution in [2.24, 2.45) is 5.92 Å². The SMILES string of the molecule is COC(=O)C(C)Cc1ccc2cc(OC(C)C)ccc2n1. The third-order valence-corrected chi connectivity index (χ3v) is 3.21. The molecule has 1 unspecified atom stereocenters. The predicted molar refractivity (Wildman–Crippen MR) is 82.4 cm³/mol. The van der Waals surface area contributed by atoms with Crippen LogP contribution in [-0.2, 0) is 16.0 Å². The quantitative estimate of drug-likeness (QED) is 0.791. The summed E-state index contributed by atoms with van der Waals surface area (Å²) in [6.07, 6.45) is 0.725. The van der Waals surface area contributed by atoms with Crippen LogP contribution in [0.15, 0.2) is 30.3 Å². The number of rotatable bonds is 5. The highest BCUT2D eigenvalue weighted by molar-refractivity contribution is 5.80. The molecular formula is C17H21NO3. The molecular weight excluding hydrogens is 266 g/mol. The number of fused-ring (bicyclic) bond motifs is 1. The van der Waals surface area contributed by atoms with Crippen molar-refractivity contribution < 1.29 is 14.3 Å². The van der Waals surface area contributed by atoms with Crippen LogP contribution >= 0.6 is 0 Å². The fourth-order valence-electron chi connectivity index (χ4n) is 2.20. The molecule has 0 aliphatic rings. The number of methoxy groups -OCH3 is 1. The number of carbonyl (C=O) groups is 1. The zero-order valence-corrected chi connectivity index (χ0v) is 12.9. The number of benzene rings is 1. The van der Waals surface area contributed by atoms with Gasteiger partial charge in [-0.3, -0.25) is 9.78 Å². The first-order chi connectivity index (χ1) is 9.99. The van der Waals surface area contributed by atoms with Crippen LogP contribution in [0, 0.1) is 5.92 Å². The lowest BCUT2D eigenvalue weighted by Crippen LogP contribution is -2.15. The molecule has 0 N–H and O–H groups in total. The van der Waals surface area contributed by atoms with E-state index in [9.17, 15) is 4.79 Å². The molecule has 0 saturated heterocycles. The minimum atomic E-state index is -0.211. The maximum atomic E-state index is 11.5. The molecule has 1 heterocycles. The number of hydrogen-bond donors (Lipinski definition) is 0. The minimum absolute atomic E-state index is 0.149. The zero-order chi connectivity index (χ0) is 15.4. The molecule has 0 fully saturated rings. The summed E-state index contributed by atoms with van der Waals surface area (Å²) in [6, 6.07) is 9.80. The Balaban J connectivity index is 2.20. The summed E-state index contributed by atoms with van der Waals surface area (Å²) < 4.78 is 10.4. The lowest BCUT2D eigenvalue weighted by Gasteiger charge is -2.11. The summed E-state index contributed by atoms with van der Waals surface area (Å²) >= 11 is 0. The second kappa shape index (κ2) is 6.57. The first-order valence-electron chi connectivity index (χ1n) is 7.13. The lowest BCUT2D eigenvalue weighted by atomic mass is 10.0. The Labute approximate surface area is 125 Å². The van der Waals surface area contributed by atoms with Gasteiger partial charge in [-0.05, 0) is 38.1 Å². The molecule has 0 aliphatic carbocycles. The smallest absolute Gasteiger partial charge is 0.308 e. The lowest BCUT2D eigenvalue weighted by molar-refractivity contribution is -0.144. The van der Waals surface area contributed by atoms with Crippen molar-refractivity contribution in [2.45, 2.75) is 33.3 Å². The van der Waals surface area contributed by atoms with Gasteiger partial charge in [0.2, 0.25) is 0 Å². The number of aromatic nitrogens is 1. The number of hydrogen-bond acceptors (Lipinski definition) is 4. The van der Waals surface area contributed by atoms with Crippen LogP contribution in [0.3, 0.4) is 0 Å². The summed E-state index contributed by atoms with van der Waals surface area (Å²) in [5.41, 5.74) is 1.79. The average molecular weight is 287 g/mol. The third kappa shape index (κ3) is 3.94. The van der Waals surface area contributed by atoms with Crippen LogP contribution < -0.4 is 4.74 Å². The van der Waals surface area contributed by atoms with Gasteiger partial charge in [0, 0.05) is 17.5 Å². The Morgan fingerprint density at radius 3 is 2.62 bits per heavy atom. The zero-order valence-electron chi connectivity index (χ0n) is 12.9. The van der Waals surface area contributed by atoms with Gasteiger partial charge in [-0.2, -0.15) is 0 Å². The van der Waals surface area contributed by atoms with E-state index in [2.05, 4.69) is 4.98 Å². The van der Waals surface area contributed by atoms with Gasteiger partial charge in [-0.1, -0.05) is 13.0 Å². The maximum Gasteiger partial charge on any atom is 0.308 e. The molecule has 1 atom stereocenters. The Kier molecular flexibility index (Phi) is 4.78. The van der Waals surface area contributed by atoms with Gasteiger partial charge >= 0.3 is 5.97 Å². The topological polar surface area (TPSA) is 48.4 Å². The molecule has 0 radical (unpaired) electrons. The summed E-state index contributed by atoms with van der Waals surface area (Å²) in [6.45, 7) is 5.84. The van der Waals surface area contributed by atoms with E-state index in [4.69, 9.17) is 9.47 Å². The van der Waals surface area contributed by atoms with Crippen LogP contribution in [0.5, 0.6) is 5.75 Å². The summed E-state index contributed by atoms with van der Waals surface area (Å²) in [7, 11) is 1.41. The first kappa shape index (κ1) is 15.3. The standard InChI is InChI=1S/C17H21NO3/c1-11(2)21-15-7-8-16-13(10-15)5-6-14(18-16)9-12(3)17(19)20-4/h5-8,10-12H,9H2,1-4H3. The number of pyridine rings is 1. The minimum Gasteiger partial charge on any atom is -0.491 e. The normalized spacial score (nSPS) is 12.4. The van der Waals surface area contributed by atoms with Crippen molar-refractivity contribution in [2.75, 3.05) is 7.11 Å². The number of ether oxygens (including phenoxy) is 2. The van der Waals surface area contributed by atoms with Crippen LogP contribution in [0.1, 0.15) is 26.5 Å². The maximum absolute atomic E-state index is 11.5. The van der Waals surface area contributed by atoms with E-state index in [1.165, 1.54) is 7.11 Å². The molecule has 4 nitrogen and oxygen atoms in total. The fraction of sp³-hybridized carbons (Fsp3) is 0.412. The highest BCUT2D eigenvalue weighted by Crippen LogP contribution is 2.21. The number of carbonyl (C=O) groups excluding carboxylic acids is 1. The van der Waals surface area contributed by atoms with Crippen molar-refractivity contribution in [3.8, 4) is 5.75 Å². The fourth-order valence-corrected chi connectivity index (χ4v) is 2.20. The summed E-state index contributed by atoms with van der Waals surface area (Å²) in [5, 5.41) is 1.03. The molecule has 1 aromatic carbocycles. The number of esters is 1. The molecule has 0 aliphatic heterocycles. The van der Waals surface area contributed by atoms with Gasteiger partial charge < -0.3 is 9.47 Å². The van der Waals surface area contributed by atoms with Crippen molar-refractivity contribution in [3.05, 3.63) is 36.0 Å². The summed E-state index contributed by atoms with van der Waals surface area (Å²) in [4.78, 5) is 16.0. The molecule has 2 rings (SSSR count). The van der Waals surface area contributed by atoms with E-state index in [0.29, 0.717) is 6.42 Å². The molecule has 0 spiro atoms. The van der Waals surface area contributed by atoms with Crippen molar-refractivity contribution in [1.82, 2.24) is 4.98 Å². The highest BCUT2D eigenvalue weighted by atomic mass is 16.5. The second-order valence-electron chi connectivity index (χ2n) is 5.45. The number of nitrogens with zero attached hydrogens (tertiary/aromatic N) is 1. The van der Waals surface area contributed by atoms with Gasteiger partial charge in [0.15, 0.2) is 0 Å². The monoisotopic (exact) mass is 287 g/mol. The van der Waals surface area contributed by atoms with Crippen LogP contribution in [-0.4, -0.2) is 24.2 Å². The van der Waals surface area contributed by atoms with Crippen molar-refractivity contribution >= 4 is 16.9 Å². The molecule has 1 aromatic heterocycles. The molecule has 21 heavy (non-hydrogen) atoms. The van der Waals surface area contributed by atoms with E-state index < -0.39 is 0 Å². The molecule has 0 saturated carbocycles.